The third-order valence-corrected chi connectivity index (χ3v) is 4.10. The summed E-state index contributed by atoms with van der Waals surface area (Å²) in [6, 6.07) is 10.4. The van der Waals surface area contributed by atoms with Crippen LogP contribution in [0.3, 0.4) is 0 Å². The van der Waals surface area contributed by atoms with Crippen LogP contribution in [0.5, 0.6) is 11.5 Å². The molecule has 146 valence electrons. The number of ether oxygens (including phenoxy) is 2. The van der Waals surface area contributed by atoms with Crippen LogP contribution in [0.25, 0.3) is 6.08 Å². The van der Waals surface area contributed by atoms with E-state index in [0.717, 1.165) is 4.90 Å². The quantitative estimate of drug-likeness (QED) is 0.609. The fraction of sp³-hybridized carbons (Fsp3) is 0.238. The van der Waals surface area contributed by atoms with Crippen molar-refractivity contribution in [2.75, 3.05) is 7.11 Å². The Morgan fingerprint density at radius 3 is 2.50 bits per heavy atom. The normalized spacial score (nSPS) is 15.3. The van der Waals surface area contributed by atoms with E-state index in [2.05, 4.69) is 5.32 Å². The molecule has 7 heteroatoms. The Morgan fingerprint density at radius 1 is 1.14 bits per heavy atom. The van der Waals surface area contributed by atoms with Crippen molar-refractivity contribution in [3.05, 3.63) is 65.1 Å². The van der Waals surface area contributed by atoms with Crippen LogP contribution in [0.1, 0.15) is 25.0 Å². The van der Waals surface area contributed by atoms with Gasteiger partial charge in [0.05, 0.1) is 19.8 Å². The molecule has 0 spiro atoms. The molecular formula is C21H21FN2O4. The highest BCUT2D eigenvalue weighted by atomic mass is 19.1. The zero-order valence-corrected chi connectivity index (χ0v) is 15.9. The molecule has 6 nitrogen and oxygen atoms in total. The van der Waals surface area contributed by atoms with Crippen molar-refractivity contribution in [3.63, 3.8) is 0 Å². The number of hydrogen-bond acceptors (Lipinski definition) is 4. The first-order chi connectivity index (χ1) is 13.4. The van der Waals surface area contributed by atoms with Crippen LogP contribution < -0.4 is 14.8 Å². The first-order valence-corrected chi connectivity index (χ1v) is 8.81. The van der Waals surface area contributed by atoms with E-state index >= 15 is 0 Å². The molecule has 28 heavy (non-hydrogen) atoms. The summed E-state index contributed by atoms with van der Waals surface area (Å²) in [6.07, 6.45) is 1.46. The Kier molecular flexibility index (Phi) is 5.63. The fourth-order valence-electron chi connectivity index (χ4n) is 2.81. The molecule has 0 aliphatic carbocycles. The summed E-state index contributed by atoms with van der Waals surface area (Å²) in [4.78, 5) is 26.0. The van der Waals surface area contributed by atoms with Gasteiger partial charge in [-0.25, -0.2) is 9.18 Å². The predicted octanol–water partition coefficient (Wildman–Crippen LogP) is 3.71. The standard InChI is InChI=1S/C21H21FN2O4/c1-13(2)28-19-15(5-4-6-18(19)27-3)11-17-20(25)24(21(26)23-17)12-14-7-9-16(22)10-8-14/h4-11,13H,12H2,1-3H3,(H,23,26)/b17-11-. The van der Waals surface area contributed by atoms with Crippen LogP contribution in [0, 0.1) is 5.82 Å². The van der Waals surface area contributed by atoms with E-state index in [0.29, 0.717) is 22.6 Å². The molecule has 2 aromatic rings. The average Bonchev–Trinajstić information content (AvgIpc) is 2.92. The van der Waals surface area contributed by atoms with Crippen LogP contribution >= 0.6 is 0 Å². The highest BCUT2D eigenvalue weighted by Crippen LogP contribution is 2.34. The molecule has 1 saturated heterocycles. The summed E-state index contributed by atoms with van der Waals surface area (Å²) in [7, 11) is 1.53. The van der Waals surface area contributed by atoms with Crippen LogP contribution in [0.15, 0.2) is 48.2 Å². The SMILES string of the molecule is COc1cccc(/C=C2\NC(=O)N(Cc3ccc(F)cc3)C2=O)c1OC(C)C. The Balaban J connectivity index is 1.88. The largest absolute Gasteiger partial charge is 0.493 e. The first kappa shape index (κ1) is 19.4. The molecule has 3 amide bonds. The topological polar surface area (TPSA) is 67.9 Å². The molecule has 3 rings (SSSR count). The molecule has 1 aliphatic rings. The summed E-state index contributed by atoms with van der Waals surface area (Å²) < 4.78 is 24.2. The van der Waals surface area contributed by atoms with Gasteiger partial charge < -0.3 is 14.8 Å². The number of para-hydroxylation sites is 1. The van der Waals surface area contributed by atoms with Gasteiger partial charge in [0.1, 0.15) is 11.5 Å². The molecule has 0 atom stereocenters. The van der Waals surface area contributed by atoms with E-state index in [4.69, 9.17) is 9.47 Å². The highest BCUT2D eigenvalue weighted by Gasteiger charge is 2.33. The summed E-state index contributed by atoms with van der Waals surface area (Å²) in [5.41, 5.74) is 1.39. The number of nitrogens with zero attached hydrogens (tertiary/aromatic N) is 1. The van der Waals surface area contributed by atoms with Crippen molar-refractivity contribution in [2.24, 2.45) is 0 Å². The van der Waals surface area contributed by atoms with Gasteiger partial charge >= 0.3 is 6.03 Å². The minimum absolute atomic E-state index is 0.0513. The second-order valence-corrected chi connectivity index (χ2v) is 6.55. The Labute approximate surface area is 162 Å². The lowest BCUT2D eigenvalue weighted by atomic mass is 10.1. The van der Waals surface area contributed by atoms with Crippen molar-refractivity contribution in [1.29, 1.82) is 0 Å². The molecule has 1 N–H and O–H groups in total. The number of methoxy groups -OCH3 is 1. The molecule has 1 aliphatic heterocycles. The lowest BCUT2D eigenvalue weighted by Crippen LogP contribution is -2.30. The van der Waals surface area contributed by atoms with Crippen LogP contribution in [0.4, 0.5) is 9.18 Å². The summed E-state index contributed by atoms with van der Waals surface area (Å²) in [5.74, 6) is 0.180. The zero-order valence-electron chi connectivity index (χ0n) is 15.9. The Hall–Kier alpha value is -3.35. The molecule has 1 fully saturated rings. The van der Waals surface area contributed by atoms with Crippen molar-refractivity contribution in [3.8, 4) is 11.5 Å². The lowest BCUT2D eigenvalue weighted by Gasteiger charge is -2.16. The van der Waals surface area contributed by atoms with Crippen molar-refractivity contribution in [2.45, 2.75) is 26.5 Å². The third-order valence-electron chi connectivity index (χ3n) is 4.10. The Morgan fingerprint density at radius 2 is 1.86 bits per heavy atom. The van der Waals surface area contributed by atoms with E-state index in [-0.39, 0.29) is 24.2 Å². The van der Waals surface area contributed by atoms with Gasteiger partial charge in [-0.15, -0.1) is 0 Å². The molecule has 0 radical (unpaired) electrons. The fourth-order valence-corrected chi connectivity index (χ4v) is 2.81. The van der Waals surface area contributed by atoms with Gasteiger partial charge in [-0.05, 0) is 43.7 Å². The number of carbonyl (C=O) groups excluding carboxylic acids is 2. The van der Waals surface area contributed by atoms with Gasteiger partial charge in [0.25, 0.3) is 5.91 Å². The molecule has 0 saturated carbocycles. The number of hydrogen-bond donors (Lipinski definition) is 1. The van der Waals surface area contributed by atoms with Crippen molar-refractivity contribution < 1.29 is 23.5 Å². The average molecular weight is 384 g/mol. The monoisotopic (exact) mass is 384 g/mol. The summed E-state index contributed by atoms with van der Waals surface area (Å²) in [5, 5.41) is 2.58. The number of halogens is 1. The molecule has 2 aromatic carbocycles. The van der Waals surface area contributed by atoms with Gasteiger partial charge in [-0.1, -0.05) is 24.3 Å². The smallest absolute Gasteiger partial charge is 0.329 e. The number of urea groups is 1. The number of benzene rings is 2. The predicted molar refractivity (Wildman–Crippen MR) is 102 cm³/mol. The molecule has 0 aromatic heterocycles. The maximum atomic E-state index is 13.1. The van der Waals surface area contributed by atoms with E-state index in [1.807, 2.05) is 13.8 Å². The van der Waals surface area contributed by atoms with Crippen LogP contribution in [0.2, 0.25) is 0 Å². The molecule has 1 heterocycles. The minimum atomic E-state index is -0.533. The maximum Gasteiger partial charge on any atom is 0.329 e. The lowest BCUT2D eigenvalue weighted by molar-refractivity contribution is -0.123. The van der Waals surface area contributed by atoms with Crippen molar-refractivity contribution >= 4 is 18.0 Å². The van der Waals surface area contributed by atoms with Crippen LogP contribution in [-0.4, -0.2) is 30.1 Å². The van der Waals surface area contributed by atoms with Crippen LogP contribution in [-0.2, 0) is 11.3 Å². The van der Waals surface area contributed by atoms with Crippen molar-refractivity contribution in [1.82, 2.24) is 10.2 Å². The first-order valence-electron chi connectivity index (χ1n) is 8.81. The second kappa shape index (κ2) is 8.12. The van der Waals surface area contributed by atoms with E-state index in [9.17, 15) is 14.0 Å². The second-order valence-electron chi connectivity index (χ2n) is 6.55. The van der Waals surface area contributed by atoms with Gasteiger partial charge in [0.2, 0.25) is 0 Å². The van der Waals surface area contributed by atoms with Gasteiger partial charge in [0, 0.05) is 5.56 Å². The number of amides is 3. The highest BCUT2D eigenvalue weighted by molar-refractivity contribution is 6.14. The molecule has 0 bridgehead atoms. The number of imide groups is 1. The zero-order chi connectivity index (χ0) is 20.3. The summed E-state index contributed by atoms with van der Waals surface area (Å²) >= 11 is 0. The van der Waals surface area contributed by atoms with E-state index in [1.165, 1.54) is 31.4 Å². The third kappa shape index (κ3) is 4.14. The number of carbonyl (C=O) groups is 2. The molecular weight excluding hydrogens is 363 g/mol. The number of rotatable bonds is 6. The minimum Gasteiger partial charge on any atom is -0.493 e. The van der Waals surface area contributed by atoms with Gasteiger partial charge in [0.15, 0.2) is 11.5 Å². The maximum absolute atomic E-state index is 13.1. The van der Waals surface area contributed by atoms with Gasteiger partial charge in [-0.3, -0.25) is 9.69 Å². The summed E-state index contributed by atoms with van der Waals surface area (Å²) in [6.45, 7) is 3.82. The van der Waals surface area contributed by atoms with E-state index < -0.39 is 11.9 Å². The van der Waals surface area contributed by atoms with E-state index in [1.54, 1.807) is 24.3 Å². The number of nitrogens with one attached hydrogen (secondary N) is 1. The Bertz CT molecular complexity index is 923. The van der Waals surface area contributed by atoms with Gasteiger partial charge in [-0.2, -0.15) is 0 Å². The molecule has 0 unspecified atom stereocenters.